The molecule has 2 aromatic carbocycles. The van der Waals surface area contributed by atoms with Gasteiger partial charge in [0.25, 0.3) is 0 Å². The van der Waals surface area contributed by atoms with Gasteiger partial charge in [0.15, 0.2) is 0 Å². The highest BCUT2D eigenvalue weighted by Crippen LogP contribution is 2.27. The third-order valence-corrected chi connectivity index (χ3v) is 4.16. The van der Waals surface area contributed by atoms with Crippen molar-refractivity contribution in [2.24, 2.45) is 0 Å². The van der Waals surface area contributed by atoms with E-state index < -0.39 is 0 Å². The minimum absolute atomic E-state index is 0.415. The van der Waals surface area contributed by atoms with E-state index in [0.29, 0.717) is 16.7 Å². The van der Waals surface area contributed by atoms with E-state index in [1.807, 2.05) is 30.5 Å². The van der Waals surface area contributed by atoms with E-state index in [1.54, 1.807) is 6.07 Å². The van der Waals surface area contributed by atoms with Gasteiger partial charge >= 0.3 is 0 Å². The van der Waals surface area contributed by atoms with Gasteiger partial charge < -0.3 is 4.98 Å². The summed E-state index contributed by atoms with van der Waals surface area (Å²) in [6, 6.07) is 11.7. The summed E-state index contributed by atoms with van der Waals surface area (Å²) in [5.74, 6) is 0. The van der Waals surface area contributed by atoms with Crippen molar-refractivity contribution in [1.29, 1.82) is 0 Å². The largest absolute Gasteiger partial charge is 0.361 e. The Bertz CT molecular complexity index is 798. The molecular weight excluding hydrogens is 321 g/mol. The molecule has 1 N–H and O–H groups in total. The summed E-state index contributed by atoms with van der Waals surface area (Å²) in [4.78, 5) is 12.9. The van der Waals surface area contributed by atoms with Crippen LogP contribution < -0.4 is 0 Å². The van der Waals surface area contributed by atoms with Crippen LogP contribution >= 0.6 is 23.2 Å². The zero-order chi connectivity index (χ0) is 15.5. The lowest BCUT2D eigenvalue weighted by Crippen LogP contribution is -1.92. The summed E-state index contributed by atoms with van der Waals surface area (Å²) >= 11 is 12.2. The molecule has 0 atom stereocenters. The number of rotatable bonds is 5. The highest BCUT2D eigenvalue weighted by atomic mass is 35.5. The fourth-order valence-corrected chi connectivity index (χ4v) is 2.93. The molecule has 0 aliphatic carbocycles. The number of nitrogens with one attached hydrogen (secondary N) is 1. The molecule has 3 rings (SSSR count). The molecule has 0 aliphatic rings. The number of aromatic nitrogens is 1. The van der Waals surface area contributed by atoms with E-state index >= 15 is 0 Å². The maximum absolute atomic E-state index is 6.27. The van der Waals surface area contributed by atoms with Crippen molar-refractivity contribution in [2.45, 2.75) is 13.0 Å². The Labute approximate surface area is 138 Å². The smallest absolute Gasteiger partial charge is 0.107 e. The number of hydrogen-bond donors (Lipinski definition) is 1. The van der Waals surface area contributed by atoms with E-state index in [4.69, 9.17) is 28.1 Å². The first-order valence-corrected chi connectivity index (χ1v) is 7.61. The quantitative estimate of drug-likeness (QED) is 0.517. The molecule has 0 saturated heterocycles. The van der Waals surface area contributed by atoms with Crippen molar-refractivity contribution in [3.05, 3.63) is 69.3 Å². The number of aromatic amines is 1. The highest BCUT2D eigenvalue weighted by Gasteiger charge is 2.08. The number of hydrogen-bond acceptors (Lipinski definition) is 2. The molecule has 114 valence electrons. The normalized spacial score (nSPS) is 11.2. The number of halogens is 2. The van der Waals surface area contributed by atoms with E-state index in [1.165, 1.54) is 12.7 Å². The van der Waals surface area contributed by atoms with Crippen LogP contribution in [0.25, 0.3) is 10.9 Å². The number of benzene rings is 2. The molecule has 0 radical (unpaired) electrons. The van der Waals surface area contributed by atoms with E-state index in [2.05, 4.69) is 15.9 Å². The second kappa shape index (κ2) is 6.71. The van der Waals surface area contributed by atoms with Gasteiger partial charge in [0.2, 0.25) is 0 Å². The molecule has 1 aromatic heterocycles. The molecule has 3 aromatic rings. The summed E-state index contributed by atoms with van der Waals surface area (Å²) in [6.07, 6.45) is 2.75. The topological polar surface area (TPSA) is 34.2 Å². The van der Waals surface area contributed by atoms with Gasteiger partial charge in [-0.1, -0.05) is 35.3 Å². The lowest BCUT2D eigenvalue weighted by molar-refractivity contribution is -0.282. The summed E-state index contributed by atoms with van der Waals surface area (Å²) < 4.78 is 0. The molecule has 0 fully saturated rings. The molecule has 0 amide bonds. The Morgan fingerprint density at radius 2 is 1.91 bits per heavy atom. The SMILES string of the molecule is COOCc1ccc2[nH]cc(Cc3ccc(Cl)cc3Cl)c2c1. The summed E-state index contributed by atoms with van der Waals surface area (Å²) in [5, 5.41) is 2.48. The van der Waals surface area contributed by atoms with E-state index in [-0.39, 0.29) is 0 Å². The van der Waals surface area contributed by atoms with Crippen LogP contribution in [0.2, 0.25) is 10.0 Å². The molecular formula is C17H15Cl2NO2. The van der Waals surface area contributed by atoms with Gasteiger partial charge in [0.1, 0.15) is 6.61 Å². The number of H-pyrrole nitrogens is 1. The maximum atomic E-state index is 6.27. The molecule has 1 heterocycles. The highest BCUT2D eigenvalue weighted by molar-refractivity contribution is 6.35. The molecule has 5 heteroatoms. The Morgan fingerprint density at radius 1 is 1.05 bits per heavy atom. The van der Waals surface area contributed by atoms with Crippen LogP contribution in [0.5, 0.6) is 0 Å². The van der Waals surface area contributed by atoms with Gasteiger partial charge in [0, 0.05) is 33.6 Å². The van der Waals surface area contributed by atoms with E-state index in [0.717, 1.165) is 28.5 Å². The van der Waals surface area contributed by atoms with Gasteiger partial charge in [-0.05, 0) is 41.0 Å². The van der Waals surface area contributed by atoms with Crippen LogP contribution in [-0.4, -0.2) is 12.1 Å². The van der Waals surface area contributed by atoms with Crippen molar-refractivity contribution in [2.75, 3.05) is 7.11 Å². The van der Waals surface area contributed by atoms with Crippen molar-refractivity contribution >= 4 is 34.1 Å². The molecule has 3 nitrogen and oxygen atoms in total. The van der Waals surface area contributed by atoms with Crippen molar-refractivity contribution in [1.82, 2.24) is 4.98 Å². The van der Waals surface area contributed by atoms with Gasteiger partial charge in [-0.25, -0.2) is 9.78 Å². The predicted molar refractivity (Wildman–Crippen MR) is 89.4 cm³/mol. The Kier molecular flexibility index (Phi) is 4.69. The second-order valence-electron chi connectivity index (χ2n) is 5.04. The lowest BCUT2D eigenvalue weighted by Gasteiger charge is -2.05. The minimum atomic E-state index is 0.415. The zero-order valence-electron chi connectivity index (χ0n) is 12.0. The zero-order valence-corrected chi connectivity index (χ0v) is 13.5. The maximum Gasteiger partial charge on any atom is 0.107 e. The number of fused-ring (bicyclic) bond motifs is 1. The van der Waals surface area contributed by atoms with Crippen LogP contribution in [0.1, 0.15) is 16.7 Å². The van der Waals surface area contributed by atoms with Crippen molar-refractivity contribution in [3.63, 3.8) is 0 Å². The molecule has 0 unspecified atom stereocenters. The van der Waals surface area contributed by atoms with E-state index in [9.17, 15) is 0 Å². The Balaban J connectivity index is 1.92. The van der Waals surface area contributed by atoms with Gasteiger partial charge in [-0.3, -0.25) is 0 Å². The standard InChI is InChI=1S/C17H15Cl2NO2/c1-21-22-10-11-2-5-17-15(6-11)13(9-20-17)7-12-3-4-14(18)8-16(12)19/h2-6,8-9,20H,7,10H2,1H3. The molecule has 0 bridgehead atoms. The van der Waals surface area contributed by atoms with Crippen LogP contribution in [0.15, 0.2) is 42.6 Å². The molecule has 0 aliphatic heterocycles. The lowest BCUT2D eigenvalue weighted by atomic mass is 10.0. The van der Waals surface area contributed by atoms with Gasteiger partial charge in [0.05, 0.1) is 7.11 Å². The van der Waals surface area contributed by atoms with Crippen LogP contribution in [-0.2, 0) is 22.8 Å². The average molecular weight is 336 g/mol. The van der Waals surface area contributed by atoms with Crippen LogP contribution in [0.3, 0.4) is 0 Å². The predicted octanol–water partition coefficient (Wildman–Crippen LogP) is 5.14. The first-order chi connectivity index (χ1) is 10.7. The summed E-state index contributed by atoms with van der Waals surface area (Å²) in [5.41, 5.74) is 4.36. The third kappa shape index (κ3) is 3.28. The third-order valence-electron chi connectivity index (χ3n) is 3.57. The second-order valence-corrected chi connectivity index (χ2v) is 5.88. The van der Waals surface area contributed by atoms with Crippen molar-refractivity contribution in [3.8, 4) is 0 Å². The summed E-state index contributed by atoms with van der Waals surface area (Å²) in [6.45, 7) is 0.415. The van der Waals surface area contributed by atoms with Crippen LogP contribution in [0, 0.1) is 0 Å². The Morgan fingerprint density at radius 3 is 2.68 bits per heavy atom. The average Bonchev–Trinajstić information content (AvgIpc) is 2.90. The first kappa shape index (κ1) is 15.4. The molecule has 22 heavy (non-hydrogen) atoms. The van der Waals surface area contributed by atoms with Gasteiger partial charge in [-0.15, -0.1) is 0 Å². The first-order valence-electron chi connectivity index (χ1n) is 6.86. The molecule has 0 spiro atoms. The fourth-order valence-electron chi connectivity index (χ4n) is 2.46. The van der Waals surface area contributed by atoms with Crippen LogP contribution in [0.4, 0.5) is 0 Å². The minimum Gasteiger partial charge on any atom is -0.361 e. The fraction of sp³-hybridized carbons (Fsp3) is 0.176. The Hall–Kier alpha value is -1.52. The summed E-state index contributed by atoms with van der Waals surface area (Å²) in [7, 11) is 1.50. The van der Waals surface area contributed by atoms with Gasteiger partial charge in [-0.2, -0.15) is 0 Å². The molecule has 0 saturated carbocycles. The monoisotopic (exact) mass is 335 g/mol. The van der Waals surface area contributed by atoms with Crippen molar-refractivity contribution < 1.29 is 9.78 Å².